The van der Waals surface area contributed by atoms with E-state index in [9.17, 15) is 0 Å². The summed E-state index contributed by atoms with van der Waals surface area (Å²) in [6.07, 6.45) is 7.22. The summed E-state index contributed by atoms with van der Waals surface area (Å²) in [4.78, 5) is 18.9. The number of fused-ring (bicyclic) bond motifs is 12. The van der Waals surface area contributed by atoms with Crippen molar-refractivity contribution in [2.75, 3.05) is 0 Å². The molecular formula is C45H28N4. The molecule has 3 aromatic heterocycles. The first-order chi connectivity index (χ1) is 24.3. The smallest absolute Gasteiger partial charge is 0.160 e. The van der Waals surface area contributed by atoms with Crippen LogP contribution in [0.15, 0.2) is 170 Å². The molecule has 5 aromatic carbocycles. The molecule has 2 aliphatic rings. The van der Waals surface area contributed by atoms with Gasteiger partial charge in [-0.1, -0.05) is 109 Å². The van der Waals surface area contributed by atoms with Crippen molar-refractivity contribution in [2.45, 2.75) is 5.41 Å². The summed E-state index contributed by atoms with van der Waals surface area (Å²) in [6.45, 7) is 0. The quantitative estimate of drug-likeness (QED) is 0.196. The zero-order valence-electron chi connectivity index (χ0n) is 26.5. The van der Waals surface area contributed by atoms with Crippen molar-refractivity contribution < 1.29 is 0 Å². The van der Waals surface area contributed by atoms with Crippen molar-refractivity contribution in [1.29, 1.82) is 0 Å². The molecule has 10 rings (SSSR count). The van der Waals surface area contributed by atoms with Crippen molar-refractivity contribution in [1.82, 2.24) is 19.9 Å². The number of aromatic nitrogens is 4. The molecule has 49 heavy (non-hydrogen) atoms. The third kappa shape index (κ3) is 4.04. The summed E-state index contributed by atoms with van der Waals surface area (Å²) in [5, 5.41) is 0. The molecule has 0 aliphatic heterocycles. The van der Waals surface area contributed by atoms with Crippen LogP contribution in [0.3, 0.4) is 0 Å². The molecule has 228 valence electrons. The van der Waals surface area contributed by atoms with Crippen molar-refractivity contribution >= 4 is 0 Å². The molecule has 0 saturated heterocycles. The van der Waals surface area contributed by atoms with Crippen LogP contribution < -0.4 is 0 Å². The van der Waals surface area contributed by atoms with E-state index in [2.05, 4.69) is 131 Å². The number of rotatable bonds is 3. The van der Waals surface area contributed by atoms with E-state index >= 15 is 0 Å². The molecule has 0 saturated carbocycles. The predicted molar refractivity (Wildman–Crippen MR) is 196 cm³/mol. The Morgan fingerprint density at radius 3 is 1.22 bits per heavy atom. The van der Waals surface area contributed by atoms with Crippen LogP contribution in [-0.2, 0) is 5.41 Å². The average molecular weight is 625 g/mol. The van der Waals surface area contributed by atoms with E-state index in [0.29, 0.717) is 5.82 Å². The molecule has 1 spiro atoms. The predicted octanol–water partition coefficient (Wildman–Crippen LogP) is 10.3. The Morgan fingerprint density at radius 1 is 0.327 bits per heavy atom. The molecule has 0 unspecified atom stereocenters. The first-order valence-corrected chi connectivity index (χ1v) is 16.5. The summed E-state index contributed by atoms with van der Waals surface area (Å²) in [6, 6.07) is 52.5. The molecule has 0 amide bonds. The summed E-state index contributed by atoms with van der Waals surface area (Å²) in [5.74, 6) is 0.671. The first-order valence-electron chi connectivity index (χ1n) is 16.5. The van der Waals surface area contributed by atoms with Gasteiger partial charge in [0.15, 0.2) is 5.82 Å². The highest BCUT2D eigenvalue weighted by atomic mass is 14.9. The highest BCUT2D eigenvalue weighted by molar-refractivity contribution is 5.97. The second-order valence-electron chi connectivity index (χ2n) is 12.6. The summed E-state index contributed by atoms with van der Waals surface area (Å²) in [7, 11) is 0. The van der Waals surface area contributed by atoms with E-state index < -0.39 is 5.41 Å². The standard InChI is InChI=1S/C45H28N4/c1-2-10-33-32(9-1)34-11-3-6-14-38(34)45(39-15-7-4-12-35(39)36-13-5-8-16-40(36)45)41-27-31(17-18-37(33)41)44-48-42(29-19-23-46-24-20-29)28-43(49-44)30-21-25-47-26-22-30/h1-28H. The van der Waals surface area contributed by atoms with Crippen molar-refractivity contribution in [3.8, 4) is 67.3 Å². The molecule has 0 atom stereocenters. The lowest BCUT2D eigenvalue weighted by molar-refractivity contribution is 0.775. The Morgan fingerprint density at radius 2 is 0.735 bits per heavy atom. The monoisotopic (exact) mass is 624 g/mol. The van der Waals surface area contributed by atoms with Gasteiger partial charge in [-0.05, 0) is 92.0 Å². The summed E-state index contributed by atoms with van der Waals surface area (Å²) in [5.41, 5.74) is 16.6. The van der Waals surface area contributed by atoms with Gasteiger partial charge < -0.3 is 0 Å². The maximum Gasteiger partial charge on any atom is 0.160 e. The van der Waals surface area contributed by atoms with Crippen LogP contribution in [0.2, 0.25) is 0 Å². The number of benzene rings is 5. The second kappa shape index (κ2) is 10.8. The molecule has 3 heterocycles. The molecule has 8 aromatic rings. The molecule has 4 nitrogen and oxygen atoms in total. The van der Waals surface area contributed by atoms with Gasteiger partial charge in [0.2, 0.25) is 0 Å². The topological polar surface area (TPSA) is 51.6 Å². The van der Waals surface area contributed by atoms with Crippen LogP contribution in [0, 0.1) is 0 Å². The van der Waals surface area contributed by atoms with Gasteiger partial charge >= 0.3 is 0 Å². The first kappa shape index (κ1) is 27.6. The molecule has 2 aliphatic carbocycles. The molecule has 0 bridgehead atoms. The van der Waals surface area contributed by atoms with Gasteiger partial charge in [0, 0.05) is 41.5 Å². The molecule has 0 fully saturated rings. The molecule has 4 heteroatoms. The van der Waals surface area contributed by atoms with E-state index in [0.717, 1.165) is 28.1 Å². The molecule has 0 radical (unpaired) electrons. The average Bonchev–Trinajstić information content (AvgIpc) is 3.43. The molecule has 0 N–H and O–H groups in total. The van der Waals surface area contributed by atoms with E-state index in [4.69, 9.17) is 9.97 Å². The van der Waals surface area contributed by atoms with E-state index in [1.165, 1.54) is 55.6 Å². The Kier molecular flexibility index (Phi) is 6.06. The van der Waals surface area contributed by atoms with E-state index in [1.807, 2.05) is 24.3 Å². The fourth-order valence-corrected chi connectivity index (χ4v) is 8.10. The number of nitrogens with zero attached hydrogens (tertiary/aromatic N) is 4. The minimum Gasteiger partial charge on any atom is -0.265 e. The van der Waals surface area contributed by atoms with Crippen molar-refractivity contribution in [3.05, 3.63) is 193 Å². The van der Waals surface area contributed by atoms with Gasteiger partial charge in [-0.2, -0.15) is 0 Å². The van der Waals surface area contributed by atoms with E-state index in [-0.39, 0.29) is 0 Å². The fraction of sp³-hybridized carbons (Fsp3) is 0.0222. The Hall–Kier alpha value is -6.52. The lowest BCUT2D eigenvalue weighted by Gasteiger charge is -2.35. The van der Waals surface area contributed by atoms with Crippen molar-refractivity contribution in [3.63, 3.8) is 0 Å². The summed E-state index contributed by atoms with van der Waals surface area (Å²) >= 11 is 0. The van der Waals surface area contributed by atoms with Crippen LogP contribution in [0.5, 0.6) is 0 Å². The SMILES string of the molecule is c1ccc2c(c1)-c1ccccc1C1(c3cc(-c4nc(-c5ccncc5)cc(-c5ccncc5)n4)ccc3-2)c2ccccc2-c2ccccc21. The summed E-state index contributed by atoms with van der Waals surface area (Å²) < 4.78 is 0. The van der Waals surface area contributed by atoms with Gasteiger partial charge in [0.1, 0.15) is 0 Å². The third-order valence-corrected chi connectivity index (χ3v) is 10.2. The third-order valence-electron chi connectivity index (χ3n) is 10.2. The lowest BCUT2D eigenvalue weighted by Crippen LogP contribution is -2.29. The second-order valence-corrected chi connectivity index (χ2v) is 12.6. The zero-order chi connectivity index (χ0) is 32.4. The maximum atomic E-state index is 5.21. The minimum atomic E-state index is -0.565. The lowest BCUT2D eigenvalue weighted by atomic mass is 9.65. The Labute approximate surface area is 284 Å². The normalized spacial score (nSPS) is 13.1. The number of hydrogen-bond donors (Lipinski definition) is 0. The van der Waals surface area contributed by atoms with Crippen molar-refractivity contribution in [2.24, 2.45) is 0 Å². The van der Waals surface area contributed by atoms with Gasteiger partial charge in [-0.15, -0.1) is 0 Å². The van der Waals surface area contributed by atoms with Gasteiger partial charge in [-0.25, -0.2) is 9.97 Å². The van der Waals surface area contributed by atoms with Crippen LogP contribution in [0.4, 0.5) is 0 Å². The minimum absolute atomic E-state index is 0.565. The van der Waals surface area contributed by atoms with Crippen LogP contribution in [0.25, 0.3) is 67.3 Å². The maximum absolute atomic E-state index is 5.21. The van der Waals surface area contributed by atoms with Crippen LogP contribution in [-0.4, -0.2) is 19.9 Å². The molecular weight excluding hydrogens is 597 g/mol. The largest absolute Gasteiger partial charge is 0.265 e. The van der Waals surface area contributed by atoms with Gasteiger partial charge in [0.05, 0.1) is 16.8 Å². The Bertz CT molecular complexity index is 2450. The van der Waals surface area contributed by atoms with E-state index in [1.54, 1.807) is 24.8 Å². The number of hydrogen-bond acceptors (Lipinski definition) is 4. The van der Waals surface area contributed by atoms with Gasteiger partial charge in [-0.3, -0.25) is 9.97 Å². The van der Waals surface area contributed by atoms with Crippen LogP contribution in [0.1, 0.15) is 22.3 Å². The fourth-order valence-electron chi connectivity index (χ4n) is 8.10. The van der Waals surface area contributed by atoms with Gasteiger partial charge in [0.25, 0.3) is 0 Å². The van der Waals surface area contributed by atoms with Crippen LogP contribution >= 0.6 is 0 Å². The number of pyridine rings is 2. The zero-order valence-corrected chi connectivity index (χ0v) is 26.5. The Balaban J connectivity index is 1.32. The highest BCUT2D eigenvalue weighted by Crippen LogP contribution is 2.61. The highest BCUT2D eigenvalue weighted by Gasteiger charge is 2.49.